The average Bonchev–Trinajstić information content (AvgIpc) is 3.17. The number of carbonyl (C=O) groups is 2. The van der Waals surface area contributed by atoms with E-state index in [1.165, 1.54) is 5.56 Å². The first-order valence-electron chi connectivity index (χ1n) is 11.5. The van der Waals surface area contributed by atoms with Crippen molar-refractivity contribution in [3.63, 3.8) is 0 Å². The van der Waals surface area contributed by atoms with E-state index in [9.17, 15) is 9.59 Å². The molecular formula is C28H29N3O3. The molecule has 3 aromatic rings. The molecule has 0 saturated carbocycles. The summed E-state index contributed by atoms with van der Waals surface area (Å²) in [5, 5.41) is 2.93. The van der Waals surface area contributed by atoms with Crippen molar-refractivity contribution in [2.45, 2.75) is 19.3 Å². The minimum Gasteiger partial charge on any atom is -0.462 e. The Bertz CT molecular complexity index is 1200. The molecule has 3 aromatic carbocycles. The first-order valence-corrected chi connectivity index (χ1v) is 11.5. The van der Waals surface area contributed by atoms with Crippen LogP contribution in [0.15, 0.2) is 77.8 Å². The van der Waals surface area contributed by atoms with Gasteiger partial charge in [-0.3, -0.25) is 9.79 Å². The van der Waals surface area contributed by atoms with Crippen LogP contribution in [0.1, 0.15) is 39.9 Å². The summed E-state index contributed by atoms with van der Waals surface area (Å²) >= 11 is 0. The molecule has 4 rings (SSSR count). The summed E-state index contributed by atoms with van der Waals surface area (Å²) < 4.78 is 5.10. The largest absolute Gasteiger partial charge is 0.462 e. The predicted octanol–water partition coefficient (Wildman–Crippen LogP) is 4.82. The molecule has 1 amide bonds. The van der Waals surface area contributed by atoms with Crippen molar-refractivity contribution in [1.82, 2.24) is 4.90 Å². The first kappa shape index (κ1) is 23.4. The summed E-state index contributed by atoms with van der Waals surface area (Å²) in [4.78, 5) is 32.4. The molecule has 0 radical (unpaired) electrons. The number of nitrogens with one attached hydrogen (secondary N) is 1. The Balaban J connectivity index is 1.71. The maximum absolute atomic E-state index is 13.1. The van der Waals surface area contributed by atoms with Gasteiger partial charge < -0.3 is 15.0 Å². The number of aliphatic imine (C=N–C) groups is 1. The lowest BCUT2D eigenvalue weighted by atomic mass is 9.90. The number of anilines is 1. The number of hydrogen-bond donors (Lipinski definition) is 1. The van der Waals surface area contributed by atoms with Crippen molar-refractivity contribution in [3.8, 4) is 0 Å². The zero-order valence-electron chi connectivity index (χ0n) is 19.7. The van der Waals surface area contributed by atoms with Gasteiger partial charge in [-0.05, 0) is 68.4 Å². The van der Waals surface area contributed by atoms with Crippen LogP contribution in [0, 0.1) is 0 Å². The van der Waals surface area contributed by atoms with Crippen LogP contribution in [-0.2, 0) is 16.0 Å². The van der Waals surface area contributed by atoms with Crippen LogP contribution in [0.3, 0.4) is 0 Å². The number of hydrogen-bond acceptors (Lipinski definition) is 5. The second-order valence-corrected chi connectivity index (χ2v) is 8.53. The van der Waals surface area contributed by atoms with Gasteiger partial charge in [0, 0.05) is 12.2 Å². The highest BCUT2D eigenvalue weighted by Crippen LogP contribution is 2.37. The lowest BCUT2D eigenvalue weighted by molar-refractivity contribution is -0.115. The number of likely N-dealkylation sites (N-methyl/N-ethyl adjacent to an activating group) is 1. The third-order valence-corrected chi connectivity index (χ3v) is 5.77. The van der Waals surface area contributed by atoms with Crippen molar-refractivity contribution >= 4 is 29.0 Å². The lowest BCUT2D eigenvalue weighted by Gasteiger charge is -2.14. The maximum Gasteiger partial charge on any atom is 0.338 e. The van der Waals surface area contributed by atoms with Crippen molar-refractivity contribution in [2.75, 3.05) is 32.6 Å². The normalized spacial score (nSPS) is 15.2. The Hall–Kier alpha value is -3.77. The van der Waals surface area contributed by atoms with E-state index in [1.807, 2.05) is 48.5 Å². The molecule has 1 aliphatic rings. The van der Waals surface area contributed by atoms with E-state index in [4.69, 9.17) is 9.73 Å². The fourth-order valence-corrected chi connectivity index (χ4v) is 4.01. The number of benzene rings is 3. The Kier molecular flexibility index (Phi) is 7.18. The van der Waals surface area contributed by atoms with Crippen LogP contribution in [0.25, 0.3) is 0 Å². The summed E-state index contributed by atoms with van der Waals surface area (Å²) in [7, 11) is 4.12. The molecule has 1 heterocycles. The molecule has 1 aliphatic heterocycles. The van der Waals surface area contributed by atoms with Crippen molar-refractivity contribution in [1.29, 1.82) is 0 Å². The lowest BCUT2D eigenvalue weighted by Crippen LogP contribution is -2.21. The quantitative estimate of drug-likeness (QED) is 0.390. The molecule has 0 fully saturated rings. The van der Waals surface area contributed by atoms with Gasteiger partial charge in [-0.1, -0.05) is 48.5 Å². The molecule has 174 valence electrons. The molecule has 0 bridgehead atoms. The SMILES string of the molecule is CCOC(=O)c1ccc2c(c1)NC(=O)C2C(=Nc1ccc(CCN(C)C)cc1)c1ccccc1. The van der Waals surface area contributed by atoms with Crippen molar-refractivity contribution < 1.29 is 14.3 Å². The molecule has 0 aliphatic carbocycles. The molecule has 0 spiro atoms. The van der Waals surface area contributed by atoms with Crippen LogP contribution in [-0.4, -0.2) is 49.7 Å². The van der Waals surface area contributed by atoms with Crippen LogP contribution >= 0.6 is 0 Å². The topological polar surface area (TPSA) is 71.0 Å². The highest BCUT2D eigenvalue weighted by atomic mass is 16.5. The van der Waals surface area contributed by atoms with Gasteiger partial charge in [-0.2, -0.15) is 0 Å². The average molecular weight is 456 g/mol. The third-order valence-electron chi connectivity index (χ3n) is 5.77. The fraction of sp³-hybridized carbons (Fsp3) is 0.250. The van der Waals surface area contributed by atoms with E-state index in [0.29, 0.717) is 23.6 Å². The summed E-state index contributed by atoms with van der Waals surface area (Å²) in [6.45, 7) is 3.04. The number of rotatable bonds is 8. The van der Waals surface area contributed by atoms with Crippen LogP contribution in [0.2, 0.25) is 0 Å². The van der Waals surface area contributed by atoms with Crippen LogP contribution in [0.4, 0.5) is 11.4 Å². The predicted molar refractivity (Wildman–Crippen MR) is 135 cm³/mol. The van der Waals surface area contributed by atoms with E-state index in [0.717, 1.165) is 29.8 Å². The van der Waals surface area contributed by atoms with E-state index in [2.05, 4.69) is 36.4 Å². The standard InChI is InChI=1S/C28H29N3O3/c1-4-34-28(33)21-12-15-23-24(18-21)30-27(32)25(23)26(20-8-6-5-7-9-20)29-22-13-10-19(11-14-22)16-17-31(2)3/h5-15,18,25H,4,16-17H2,1-3H3,(H,30,32). The van der Waals surface area contributed by atoms with Gasteiger partial charge >= 0.3 is 5.97 Å². The van der Waals surface area contributed by atoms with Gasteiger partial charge in [-0.15, -0.1) is 0 Å². The Morgan fingerprint density at radius 1 is 1.00 bits per heavy atom. The van der Waals surface area contributed by atoms with E-state index in [-0.39, 0.29) is 5.91 Å². The van der Waals surface area contributed by atoms with Crippen LogP contribution < -0.4 is 5.32 Å². The maximum atomic E-state index is 13.1. The number of carbonyl (C=O) groups excluding carboxylic acids is 2. The van der Waals surface area contributed by atoms with Gasteiger partial charge in [-0.25, -0.2) is 4.79 Å². The molecule has 6 heteroatoms. The summed E-state index contributed by atoms with van der Waals surface area (Å²) in [6, 6.07) is 23.1. The van der Waals surface area contributed by atoms with E-state index >= 15 is 0 Å². The number of amides is 1. The Morgan fingerprint density at radius 2 is 1.74 bits per heavy atom. The van der Waals surface area contributed by atoms with Gasteiger partial charge in [0.05, 0.1) is 23.6 Å². The minimum absolute atomic E-state index is 0.166. The second-order valence-electron chi connectivity index (χ2n) is 8.53. The minimum atomic E-state index is -0.581. The van der Waals surface area contributed by atoms with Crippen LogP contribution in [0.5, 0.6) is 0 Å². The third kappa shape index (κ3) is 5.24. The zero-order valence-corrected chi connectivity index (χ0v) is 19.7. The van der Waals surface area contributed by atoms with Crippen molar-refractivity contribution in [2.24, 2.45) is 4.99 Å². The molecule has 1 atom stereocenters. The Morgan fingerprint density at radius 3 is 2.41 bits per heavy atom. The molecular weight excluding hydrogens is 426 g/mol. The van der Waals surface area contributed by atoms with Gasteiger partial charge in [0.2, 0.25) is 5.91 Å². The van der Waals surface area contributed by atoms with Gasteiger partial charge in [0.25, 0.3) is 0 Å². The zero-order chi connectivity index (χ0) is 24.1. The highest BCUT2D eigenvalue weighted by Gasteiger charge is 2.36. The smallest absolute Gasteiger partial charge is 0.338 e. The monoisotopic (exact) mass is 455 g/mol. The number of esters is 1. The summed E-state index contributed by atoms with van der Waals surface area (Å²) in [5.74, 6) is -1.16. The fourth-order valence-electron chi connectivity index (χ4n) is 4.01. The number of nitrogens with zero attached hydrogens (tertiary/aromatic N) is 2. The molecule has 34 heavy (non-hydrogen) atoms. The molecule has 6 nitrogen and oxygen atoms in total. The molecule has 0 saturated heterocycles. The second kappa shape index (κ2) is 10.4. The summed E-state index contributed by atoms with van der Waals surface area (Å²) in [6.07, 6.45) is 0.962. The first-order chi connectivity index (χ1) is 16.5. The highest BCUT2D eigenvalue weighted by molar-refractivity contribution is 6.24. The molecule has 1 N–H and O–H groups in total. The molecule has 1 unspecified atom stereocenters. The Labute approximate surface area is 200 Å². The van der Waals surface area contributed by atoms with Crippen molar-refractivity contribution in [3.05, 3.63) is 95.1 Å². The summed E-state index contributed by atoms with van der Waals surface area (Å²) in [5.41, 5.74) is 5.39. The van der Waals surface area contributed by atoms with Gasteiger partial charge in [0.1, 0.15) is 5.92 Å². The number of fused-ring (bicyclic) bond motifs is 1. The van der Waals surface area contributed by atoms with E-state index in [1.54, 1.807) is 19.1 Å². The van der Waals surface area contributed by atoms with E-state index < -0.39 is 11.9 Å². The van der Waals surface area contributed by atoms with Gasteiger partial charge in [0.15, 0.2) is 0 Å². The number of ether oxygens (including phenoxy) is 1. The molecule has 0 aromatic heterocycles.